The second-order valence-electron chi connectivity index (χ2n) is 31.1. The van der Waals surface area contributed by atoms with Crippen molar-refractivity contribution in [1.29, 1.82) is 0 Å². The van der Waals surface area contributed by atoms with Crippen LogP contribution >= 0.6 is 0 Å². The highest BCUT2D eigenvalue weighted by molar-refractivity contribution is 6.71. The topological polar surface area (TPSA) is 373 Å². The molecule has 660 valence electrons. The Morgan fingerprint density at radius 2 is 0.516 bits per heavy atom. The molecule has 13 N–H and O–H groups in total. The average molecular weight is 1700 g/mol. The molecule has 0 saturated heterocycles. The summed E-state index contributed by atoms with van der Waals surface area (Å²) in [5.41, 5.74) is 46.4. The minimum Gasteiger partial charge on any atom is -0.486 e. The lowest BCUT2D eigenvalue weighted by molar-refractivity contribution is -0.119. The molecule has 0 aliphatic carbocycles. The minimum atomic E-state index is -0.292. The number of nitrogens with two attached hydrogens (primary N) is 5. The van der Waals surface area contributed by atoms with Gasteiger partial charge in [-0.2, -0.15) is 0 Å². The maximum absolute atomic E-state index is 10.8. The molecule has 124 heavy (non-hydrogen) atoms. The largest absolute Gasteiger partial charge is 0.486 e. The fourth-order valence-electron chi connectivity index (χ4n) is 16.8. The summed E-state index contributed by atoms with van der Waals surface area (Å²) in [4.78, 5) is 21.7. The standard InChI is InChI=1S/2C12H16BNO3.3C11H16BNO2.3C11H15BO3/c2*1-8(15)7-16-9-3-4-10-11(5-9)13(2)17-12(10)6-14;2*1-3-11-9-5-4-8(14-7-13)6-10(9)12(2)15-11;1-3-9-8-5-4-6-10(14-7-13)11(8)12(2)15-9;2*1-3-11-9-5-4-8(14-7-13)6-10(9)12(2)15-11;1-3-9-8-5-4-6-10(14-7-13)11(8)12(2)15-9/h2*3-5,12H,6-7,14H2,1-2H3;2*4-6,11H,3,7,13H2,1-2H3;4-6,9H,3,7,13H2,1-2H3;2*4-6,11,13H,3,7H2,1-2H3;4-6,9,13H,3,7H2,1-2H3/t2*12-;2*11-;9-;2*11-;9-/m10101101/s1. The van der Waals surface area contributed by atoms with E-state index in [4.69, 9.17) is 119 Å². The van der Waals surface area contributed by atoms with E-state index < -0.39 is 0 Å². The fraction of sp³-hybridized carbons (Fsp3) is 0.444. The molecule has 0 amide bonds. The van der Waals surface area contributed by atoms with Crippen LogP contribution in [0.2, 0.25) is 54.6 Å². The van der Waals surface area contributed by atoms with Crippen LogP contribution in [0.25, 0.3) is 0 Å². The Morgan fingerprint density at radius 3 is 0.758 bits per heavy atom. The van der Waals surface area contributed by atoms with Crippen molar-refractivity contribution in [3.05, 3.63) is 190 Å². The van der Waals surface area contributed by atoms with Crippen molar-refractivity contribution >= 4 is 111 Å². The van der Waals surface area contributed by atoms with Crippen LogP contribution in [-0.4, -0.2) is 149 Å². The van der Waals surface area contributed by atoms with E-state index in [9.17, 15) is 9.59 Å². The number of fused-ring (bicyclic) bond motifs is 8. The highest BCUT2D eigenvalue weighted by Crippen LogP contribution is 2.37. The first-order chi connectivity index (χ1) is 59.8. The minimum absolute atomic E-state index is 0.00892. The van der Waals surface area contributed by atoms with Crippen LogP contribution in [0.15, 0.2) is 146 Å². The number of rotatable bonds is 26. The zero-order valence-electron chi connectivity index (χ0n) is 75.0. The SMILES string of the molecule is CB1O[C@@H](CN)c2ccc(OCC(C)=O)cc21.CB1O[C@H](CN)c2ccc(OCC(C)=O)cc21.CC[C@@H]1OB(C)c2cc(OCN)ccc21.CC[C@@H]1OB(C)c2cc(OCO)ccc21.CC[C@H]1OB(C)c2c(OCN)cccc21.CC[C@H]1OB(C)c2c(OCO)cccc21.CC[C@H]1OB(C)c2cc(OCN)ccc21.CC[C@H]1OB(C)c2cc(OCO)ccc21. The Balaban J connectivity index is 0.000000161. The fourth-order valence-corrected chi connectivity index (χ4v) is 16.8. The molecule has 0 unspecified atom stereocenters. The molecular weight excluding hydrogens is 1570 g/mol. The smallest absolute Gasteiger partial charge is 0.328 e. The van der Waals surface area contributed by atoms with Crippen molar-refractivity contribution < 1.29 is 100 Å². The Morgan fingerprint density at radius 1 is 0.290 bits per heavy atom. The van der Waals surface area contributed by atoms with E-state index in [-0.39, 0.29) is 170 Å². The first-order valence-corrected chi connectivity index (χ1v) is 43.5. The predicted molar refractivity (Wildman–Crippen MR) is 497 cm³/mol. The molecular formula is C90H125B8N5O21. The lowest BCUT2D eigenvalue weighted by atomic mass is 9.63. The molecule has 0 bridgehead atoms. The number of aliphatic hydroxyl groups excluding tert-OH is 3. The molecule has 0 spiro atoms. The normalized spacial score (nSPS) is 18.8. The van der Waals surface area contributed by atoms with Gasteiger partial charge in [0.05, 0.1) is 48.8 Å². The van der Waals surface area contributed by atoms with E-state index in [2.05, 4.69) is 86.3 Å². The van der Waals surface area contributed by atoms with Crippen molar-refractivity contribution in [3.63, 3.8) is 0 Å². The van der Waals surface area contributed by atoms with Gasteiger partial charge < -0.3 is 102 Å². The third-order valence-corrected chi connectivity index (χ3v) is 22.7. The number of ether oxygens (including phenoxy) is 8. The molecule has 8 aliphatic heterocycles. The first-order valence-electron chi connectivity index (χ1n) is 43.5. The highest BCUT2D eigenvalue weighted by Gasteiger charge is 2.39. The maximum atomic E-state index is 10.8. The summed E-state index contributed by atoms with van der Waals surface area (Å²) >= 11 is 0. The number of carbonyl (C=O) groups excluding carboxylic acids is 2. The van der Waals surface area contributed by atoms with Crippen LogP contribution in [-0.2, 0) is 46.8 Å². The summed E-state index contributed by atoms with van der Waals surface area (Å²) < 4.78 is 88.3. The summed E-state index contributed by atoms with van der Waals surface area (Å²) in [6.45, 7) is 33.7. The van der Waals surface area contributed by atoms with Gasteiger partial charge in [0.1, 0.15) is 79.4 Å². The zero-order chi connectivity index (χ0) is 89.8. The molecule has 0 aromatic heterocycles. The molecule has 16 rings (SSSR count). The van der Waals surface area contributed by atoms with E-state index in [1.165, 1.54) is 69.1 Å². The Kier molecular flexibility index (Phi) is 39.1. The van der Waals surface area contributed by atoms with E-state index >= 15 is 0 Å². The summed E-state index contributed by atoms with van der Waals surface area (Å²) in [7, 11) is 0. The molecule has 8 atom stereocenters. The van der Waals surface area contributed by atoms with Gasteiger partial charge in [-0.3, -0.25) is 26.8 Å². The summed E-state index contributed by atoms with van der Waals surface area (Å²) in [6.07, 6.45) is 7.14. The number of benzene rings is 8. The molecule has 0 saturated carbocycles. The molecule has 34 heteroatoms. The first kappa shape index (κ1) is 99.2. The van der Waals surface area contributed by atoms with E-state index in [0.29, 0.717) is 36.1 Å². The van der Waals surface area contributed by atoms with Crippen LogP contribution in [0.3, 0.4) is 0 Å². The predicted octanol–water partition coefficient (Wildman–Crippen LogP) is 8.87. The van der Waals surface area contributed by atoms with Crippen LogP contribution in [0.4, 0.5) is 0 Å². The average Bonchev–Trinajstić information content (AvgIpc) is 1.64. The van der Waals surface area contributed by atoms with Gasteiger partial charge in [0.2, 0.25) is 0 Å². The molecule has 8 aliphatic rings. The van der Waals surface area contributed by atoms with Gasteiger partial charge in [-0.05, 0) is 226 Å². The van der Waals surface area contributed by atoms with Gasteiger partial charge in [0.25, 0.3) is 0 Å². The summed E-state index contributed by atoms with van der Waals surface area (Å²) in [5, 5.41) is 26.2. The van der Waals surface area contributed by atoms with Gasteiger partial charge in [0.15, 0.2) is 31.9 Å². The van der Waals surface area contributed by atoms with E-state index in [1.54, 1.807) is 0 Å². The lowest BCUT2D eigenvalue weighted by Crippen LogP contribution is -2.27. The van der Waals surface area contributed by atoms with Crippen LogP contribution in [0, 0.1) is 0 Å². The van der Waals surface area contributed by atoms with E-state index in [1.807, 2.05) is 155 Å². The second-order valence-corrected chi connectivity index (χ2v) is 31.1. The van der Waals surface area contributed by atoms with Crippen LogP contribution in [0.1, 0.15) is 187 Å². The van der Waals surface area contributed by atoms with Crippen molar-refractivity contribution in [2.45, 2.75) is 197 Å². The number of ketones is 2. The molecule has 0 radical (unpaired) electrons. The maximum Gasteiger partial charge on any atom is 0.328 e. The Bertz CT molecular complexity index is 4310. The number of hydrogen-bond acceptors (Lipinski definition) is 26. The molecule has 8 aromatic rings. The van der Waals surface area contributed by atoms with Crippen LogP contribution in [0.5, 0.6) is 46.0 Å². The van der Waals surface area contributed by atoms with E-state index in [0.717, 1.165) is 94.5 Å². The van der Waals surface area contributed by atoms with Crippen molar-refractivity contribution in [1.82, 2.24) is 0 Å². The summed E-state index contributed by atoms with van der Waals surface area (Å²) in [6, 6.07) is 47.2. The third kappa shape index (κ3) is 25.4. The number of hydrogen-bond donors (Lipinski definition) is 8. The molecule has 26 nitrogen and oxygen atoms in total. The Labute approximate surface area is 735 Å². The van der Waals surface area contributed by atoms with Crippen LogP contribution < -0.4 is 110 Å². The van der Waals surface area contributed by atoms with Crippen molar-refractivity contribution in [3.8, 4) is 46.0 Å². The monoisotopic (exact) mass is 1700 g/mol. The quantitative estimate of drug-likeness (QED) is 0.0185. The van der Waals surface area contributed by atoms with Gasteiger partial charge in [-0.15, -0.1) is 0 Å². The lowest BCUT2D eigenvalue weighted by Gasteiger charge is -2.10. The molecule has 0 fully saturated rings. The van der Waals surface area contributed by atoms with Gasteiger partial charge in [-0.25, -0.2) is 0 Å². The number of Topliss-reactive ketones (excluding diaryl/α,β-unsaturated/α-hetero) is 2. The second kappa shape index (κ2) is 48.9. The van der Waals surface area contributed by atoms with Gasteiger partial charge in [-0.1, -0.05) is 157 Å². The highest BCUT2D eigenvalue weighted by atomic mass is 16.6. The van der Waals surface area contributed by atoms with Crippen molar-refractivity contribution in [2.75, 3.05) is 66.9 Å². The third-order valence-electron chi connectivity index (χ3n) is 22.7. The van der Waals surface area contributed by atoms with Crippen molar-refractivity contribution in [2.24, 2.45) is 28.7 Å². The van der Waals surface area contributed by atoms with Gasteiger partial charge >= 0.3 is 55.3 Å². The zero-order valence-corrected chi connectivity index (χ0v) is 75.0. The summed E-state index contributed by atoms with van der Waals surface area (Å²) in [5.74, 6) is 6.05. The molecule has 8 heterocycles. The Hall–Kier alpha value is -8.62. The number of aliphatic hydroxyl groups is 3. The van der Waals surface area contributed by atoms with Gasteiger partial charge in [0, 0.05) is 13.1 Å². The number of carbonyl (C=O) groups is 2. The molecule has 8 aromatic carbocycles.